The van der Waals surface area contributed by atoms with Gasteiger partial charge in [-0.3, -0.25) is 10.2 Å². The van der Waals surface area contributed by atoms with Gasteiger partial charge in [-0.25, -0.2) is 0 Å². The van der Waals surface area contributed by atoms with Crippen molar-refractivity contribution in [1.29, 1.82) is 0 Å². The maximum Gasteiger partial charge on any atom is 0.184 e. The van der Waals surface area contributed by atoms with Crippen molar-refractivity contribution < 1.29 is 4.79 Å². The summed E-state index contributed by atoms with van der Waals surface area (Å²) in [4.78, 5) is 10.5. The van der Waals surface area contributed by atoms with Crippen LogP contribution in [-0.4, -0.2) is 16.6 Å². The third-order valence-electron chi connectivity index (χ3n) is 0.843. The number of hydrogen-bond acceptors (Lipinski definition) is 3. The molecule has 0 aromatic heterocycles. The van der Waals surface area contributed by atoms with Gasteiger partial charge in [0.05, 0.1) is 0 Å². The Hall–Kier alpha value is -0.970. The number of carbonyl (C=O) groups is 1. The fourth-order valence-corrected chi connectivity index (χ4v) is 0.263. The number of ketones is 1. The molecule has 0 saturated heterocycles. The van der Waals surface area contributed by atoms with E-state index in [9.17, 15) is 4.79 Å². The van der Waals surface area contributed by atoms with Gasteiger partial charge in [-0.2, -0.15) is 5.10 Å². The zero-order valence-electron chi connectivity index (χ0n) is 5.84. The number of hydrogen-bond donors (Lipinski definition) is 2. The van der Waals surface area contributed by atoms with Gasteiger partial charge in [0.1, 0.15) is 5.71 Å². The van der Waals surface area contributed by atoms with Gasteiger partial charge in [0.25, 0.3) is 0 Å². The van der Waals surface area contributed by atoms with Crippen LogP contribution in [0.4, 0.5) is 0 Å². The maximum absolute atomic E-state index is 10.5. The first kappa shape index (κ1) is 9.03. The second-order valence-corrected chi connectivity index (χ2v) is 2.17. The number of nitrogens with one attached hydrogen (secondary N) is 1. The minimum Gasteiger partial charge on any atom is -0.375 e. The molecular formula is C5H9N3OS. The van der Waals surface area contributed by atoms with Crippen LogP contribution in [0.1, 0.15) is 13.8 Å². The number of Topliss-reactive ketones (excluding diaryl/α,β-unsaturated/α-hetero) is 1. The van der Waals surface area contributed by atoms with Crippen LogP contribution >= 0.6 is 12.2 Å². The smallest absolute Gasteiger partial charge is 0.184 e. The average molecular weight is 159 g/mol. The summed E-state index contributed by atoms with van der Waals surface area (Å²) in [7, 11) is 0. The third-order valence-corrected chi connectivity index (χ3v) is 0.935. The Morgan fingerprint density at radius 3 is 2.40 bits per heavy atom. The number of rotatable bonds is 2. The van der Waals surface area contributed by atoms with Gasteiger partial charge in [0.2, 0.25) is 0 Å². The van der Waals surface area contributed by atoms with Crippen molar-refractivity contribution in [1.82, 2.24) is 5.43 Å². The molecule has 0 fully saturated rings. The van der Waals surface area contributed by atoms with Gasteiger partial charge < -0.3 is 5.73 Å². The molecule has 0 aromatic carbocycles. The van der Waals surface area contributed by atoms with Gasteiger partial charge in [-0.1, -0.05) is 0 Å². The van der Waals surface area contributed by atoms with Crippen LogP contribution in [-0.2, 0) is 4.79 Å². The number of carbonyl (C=O) groups excluding carboxylic acids is 1. The third kappa shape index (κ3) is 3.96. The zero-order valence-corrected chi connectivity index (χ0v) is 6.66. The van der Waals surface area contributed by atoms with Crippen LogP contribution in [0.3, 0.4) is 0 Å². The van der Waals surface area contributed by atoms with Crippen LogP contribution in [0, 0.1) is 0 Å². The van der Waals surface area contributed by atoms with Gasteiger partial charge in [-0.15, -0.1) is 0 Å². The predicted octanol–water partition coefficient (Wildman–Crippen LogP) is -0.215. The van der Waals surface area contributed by atoms with Crippen LogP contribution in [0.15, 0.2) is 5.10 Å². The maximum atomic E-state index is 10.5. The number of thiocarbonyl (C=S) groups is 1. The normalized spacial score (nSPS) is 10.8. The van der Waals surface area contributed by atoms with Crippen LogP contribution in [0.2, 0.25) is 0 Å². The lowest BCUT2D eigenvalue weighted by molar-refractivity contribution is -0.111. The molecule has 0 saturated carbocycles. The molecule has 0 atom stereocenters. The largest absolute Gasteiger partial charge is 0.375 e. The van der Waals surface area contributed by atoms with E-state index in [1.807, 2.05) is 0 Å². The van der Waals surface area contributed by atoms with E-state index in [1.165, 1.54) is 6.92 Å². The number of nitrogens with zero attached hydrogens (tertiary/aromatic N) is 1. The molecule has 0 heterocycles. The molecular weight excluding hydrogens is 150 g/mol. The Kier molecular flexibility index (Phi) is 3.56. The van der Waals surface area contributed by atoms with Crippen LogP contribution in [0.25, 0.3) is 0 Å². The Morgan fingerprint density at radius 1 is 1.60 bits per heavy atom. The van der Waals surface area contributed by atoms with Crippen LogP contribution in [0.5, 0.6) is 0 Å². The summed E-state index contributed by atoms with van der Waals surface area (Å²) in [5.74, 6) is -0.108. The summed E-state index contributed by atoms with van der Waals surface area (Å²) in [5, 5.41) is 3.63. The number of nitrogens with two attached hydrogens (primary N) is 1. The van der Waals surface area contributed by atoms with Gasteiger partial charge in [-0.05, 0) is 19.1 Å². The van der Waals surface area contributed by atoms with Crippen molar-refractivity contribution in [2.24, 2.45) is 10.8 Å². The molecule has 0 spiro atoms. The van der Waals surface area contributed by atoms with E-state index in [1.54, 1.807) is 6.92 Å². The van der Waals surface area contributed by atoms with Crippen molar-refractivity contribution in [2.75, 3.05) is 0 Å². The van der Waals surface area contributed by atoms with Gasteiger partial charge in [0, 0.05) is 6.92 Å². The molecule has 0 amide bonds. The Bertz CT molecular complexity index is 187. The fraction of sp³-hybridized carbons (Fsp3) is 0.400. The summed E-state index contributed by atoms with van der Waals surface area (Å²) in [6, 6.07) is 0. The second-order valence-electron chi connectivity index (χ2n) is 1.73. The molecule has 0 unspecified atom stereocenters. The van der Waals surface area contributed by atoms with Gasteiger partial charge >= 0.3 is 0 Å². The first-order chi connectivity index (χ1) is 4.54. The van der Waals surface area contributed by atoms with E-state index in [4.69, 9.17) is 5.73 Å². The highest BCUT2D eigenvalue weighted by atomic mass is 32.1. The molecule has 0 bridgehead atoms. The van der Waals surface area contributed by atoms with E-state index >= 15 is 0 Å². The average Bonchev–Trinajstić information content (AvgIpc) is 1.82. The van der Waals surface area contributed by atoms with Crippen LogP contribution < -0.4 is 11.2 Å². The lowest BCUT2D eigenvalue weighted by Crippen LogP contribution is -2.26. The molecule has 4 nitrogen and oxygen atoms in total. The molecule has 3 N–H and O–H groups in total. The first-order valence-electron chi connectivity index (χ1n) is 2.64. The molecule has 0 aliphatic heterocycles. The minimum absolute atomic E-state index is 0.0561. The molecule has 56 valence electrons. The lowest BCUT2D eigenvalue weighted by Gasteiger charge is -1.95. The quantitative estimate of drug-likeness (QED) is 0.332. The first-order valence-corrected chi connectivity index (χ1v) is 3.05. The molecule has 0 radical (unpaired) electrons. The van der Waals surface area contributed by atoms with E-state index in [0.29, 0.717) is 5.71 Å². The van der Waals surface area contributed by atoms with Crippen molar-refractivity contribution in [3.8, 4) is 0 Å². The van der Waals surface area contributed by atoms with Crippen molar-refractivity contribution in [2.45, 2.75) is 13.8 Å². The highest BCUT2D eigenvalue weighted by molar-refractivity contribution is 7.80. The Morgan fingerprint density at radius 2 is 2.10 bits per heavy atom. The molecule has 0 rings (SSSR count). The van der Waals surface area contributed by atoms with E-state index in [-0.39, 0.29) is 10.9 Å². The Balaban J connectivity index is 3.92. The molecule has 5 heteroatoms. The minimum atomic E-state index is -0.108. The Labute approximate surface area is 64.5 Å². The standard InChI is InChI=1S/C5H9N3OS/c1-3(4(2)9)7-8-5(6)10/h1-2H3,(H3,6,8,10)/b7-3-. The SMILES string of the molecule is CC(=O)/C(C)=N\NC(N)=S. The monoisotopic (exact) mass is 159 g/mol. The predicted molar refractivity (Wildman–Crippen MR) is 43.7 cm³/mol. The van der Waals surface area contributed by atoms with Crippen molar-refractivity contribution in [3.63, 3.8) is 0 Å². The van der Waals surface area contributed by atoms with E-state index in [0.717, 1.165) is 0 Å². The molecule has 0 aliphatic rings. The van der Waals surface area contributed by atoms with E-state index in [2.05, 4.69) is 22.7 Å². The summed E-state index contributed by atoms with van der Waals surface area (Å²) < 4.78 is 0. The summed E-state index contributed by atoms with van der Waals surface area (Å²) in [6.07, 6.45) is 0. The number of hydrazone groups is 1. The molecule has 0 aliphatic carbocycles. The fourth-order valence-electron chi connectivity index (χ4n) is 0.218. The second kappa shape index (κ2) is 3.94. The highest BCUT2D eigenvalue weighted by Gasteiger charge is 1.95. The van der Waals surface area contributed by atoms with E-state index < -0.39 is 0 Å². The summed E-state index contributed by atoms with van der Waals surface area (Å²) in [6.45, 7) is 2.99. The van der Waals surface area contributed by atoms with Gasteiger partial charge in [0.15, 0.2) is 10.9 Å². The van der Waals surface area contributed by atoms with Crippen molar-refractivity contribution in [3.05, 3.63) is 0 Å². The summed E-state index contributed by atoms with van der Waals surface area (Å²) in [5.41, 5.74) is 7.70. The van der Waals surface area contributed by atoms with Crippen molar-refractivity contribution >= 4 is 28.8 Å². The molecule has 0 aromatic rings. The highest BCUT2D eigenvalue weighted by Crippen LogP contribution is 1.75. The lowest BCUT2D eigenvalue weighted by atomic mass is 10.3. The zero-order chi connectivity index (χ0) is 8.15. The topological polar surface area (TPSA) is 67.5 Å². The molecule has 10 heavy (non-hydrogen) atoms. The summed E-state index contributed by atoms with van der Waals surface area (Å²) >= 11 is 4.45.